The van der Waals surface area contributed by atoms with Crippen LogP contribution in [0.15, 0.2) is 85.2 Å². The number of methoxy groups -OCH3 is 1. The van der Waals surface area contributed by atoms with Gasteiger partial charge in [-0.3, -0.25) is 10.1 Å². The zero-order valence-corrected chi connectivity index (χ0v) is 24.5. The fraction of sp³-hybridized carbons (Fsp3) is 0.100. The van der Waals surface area contributed by atoms with Gasteiger partial charge in [0.25, 0.3) is 0 Å². The number of amides is 2. The normalized spacial score (nSPS) is 11.7. The first-order chi connectivity index (χ1) is 21.3. The molecule has 0 saturated carbocycles. The molecule has 0 aliphatic carbocycles. The Balaban J connectivity index is 1.43. The fourth-order valence-corrected chi connectivity index (χ4v) is 4.70. The largest absolute Gasteiger partial charge is 0.453 e. The Bertz CT molecular complexity index is 1820. The zero-order valence-electron chi connectivity index (χ0n) is 23.0. The van der Waals surface area contributed by atoms with Gasteiger partial charge in [0.2, 0.25) is 5.91 Å². The molecular formula is C30H23Cl2FN8O3. The SMILES string of the molecule is COC(=O)Nc1ccc(-c2cc([C@H](Cc3cccc(F)c3)NC(=O)/C=C/c3cc(Cl)ccc3-n3cnnn3)nnc2Cl)cc1. The summed E-state index contributed by atoms with van der Waals surface area (Å²) >= 11 is 12.6. The highest BCUT2D eigenvalue weighted by molar-refractivity contribution is 6.32. The van der Waals surface area contributed by atoms with E-state index in [1.165, 1.54) is 36.3 Å². The Kier molecular flexibility index (Phi) is 9.52. The van der Waals surface area contributed by atoms with Gasteiger partial charge in [-0.05, 0) is 82.6 Å². The van der Waals surface area contributed by atoms with E-state index in [0.29, 0.717) is 44.3 Å². The first-order valence-corrected chi connectivity index (χ1v) is 13.8. The molecule has 11 nitrogen and oxygen atoms in total. The molecule has 0 bridgehead atoms. The van der Waals surface area contributed by atoms with Gasteiger partial charge in [0.05, 0.1) is 24.5 Å². The van der Waals surface area contributed by atoms with Gasteiger partial charge in [-0.15, -0.1) is 10.2 Å². The Morgan fingerprint density at radius 3 is 2.59 bits per heavy atom. The van der Waals surface area contributed by atoms with Gasteiger partial charge < -0.3 is 10.1 Å². The van der Waals surface area contributed by atoms with Gasteiger partial charge in [0.1, 0.15) is 12.1 Å². The summed E-state index contributed by atoms with van der Waals surface area (Å²) in [7, 11) is 1.27. The number of nitrogens with zero attached hydrogens (tertiary/aromatic N) is 6. The molecule has 5 aromatic rings. The van der Waals surface area contributed by atoms with Crippen LogP contribution in [-0.4, -0.2) is 49.5 Å². The maximum absolute atomic E-state index is 14.0. The summed E-state index contributed by atoms with van der Waals surface area (Å²) < 4.78 is 20.1. The smallest absolute Gasteiger partial charge is 0.411 e. The van der Waals surface area contributed by atoms with Crippen molar-refractivity contribution in [2.24, 2.45) is 0 Å². The molecule has 0 unspecified atom stereocenters. The lowest BCUT2D eigenvalue weighted by molar-refractivity contribution is -0.117. The maximum Gasteiger partial charge on any atom is 0.411 e. The van der Waals surface area contributed by atoms with E-state index in [9.17, 15) is 14.0 Å². The van der Waals surface area contributed by atoms with Crippen molar-refractivity contribution < 1.29 is 18.7 Å². The molecule has 2 amide bonds. The quantitative estimate of drug-likeness (QED) is 0.193. The van der Waals surface area contributed by atoms with Gasteiger partial charge in [-0.2, -0.15) is 9.78 Å². The van der Waals surface area contributed by atoms with Crippen molar-refractivity contribution in [1.82, 2.24) is 35.7 Å². The van der Waals surface area contributed by atoms with Crippen molar-refractivity contribution in [3.8, 4) is 16.8 Å². The number of anilines is 1. The minimum atomic E-state index is -0.712. The molecule has 44 heavy (non-hydrogen) atoms. The molecular weight excluding hydrogens is 610 g/mol. The topological polar surface area (TPSA) is 137 Å². The molecule has 0 aliphatic heterocycles. The van der Waals surface area contributed by atoms with Crippen LogP contribution in [0, 0.1) is 5.82 Å². The summed E-state index contributed by atoms with van der Waals surface area (Å²) in [6, 6.07) is 19.0. The number of nitrogens with one attached hydrogen (secondary N) is 2. The third kappa shape index (κ3) is 7.60. The first kappa shape index (κ1) is 30.3. The summed E-state index contributed by atoms with van der Waals surface area (Å²) in [5.74, 6) is -0.863. The van der Waals surface area contributed by atoms with E-state index >= 15 is 0 Å². The van der Waals surface area contributed by atoms with Crippen molar-refractivity contribution in [2.75, 3.05) is 12.4 Å². The first-order valence-electron chi connectivity index (χ1n) is 13.0. The number of hydrogen-bond donors (Lipinski definition) is 2. The predicted molar refractivity (Wildman–Crippen MR) is 163 cm³/mol. The molecule has 3 aromatic carbocycles. The second kappa shape index (κ2) is 13.8. The number of halogens is 3. The highest BCUT2D eigenvalue weighted by Crippen LogP contribution is 2.30. The Morgan fingerprint density at radius 1 is 1.05 bits per heavy atom. The number of carbonyl (C=O) groups is 2. The van der Waals surface area contributed by atoms with Crippen molar-refractivity contribution in [2.45, 2.75) is 12.5 Å². The Labute approximate surface area is 260 Å². The van der Waals surface area contributed by atoms with E-state index in [0.717, 1.165) is 0 Å². The summed E-state index contributed by atoms with van der Waals surface area (Å²) in [5.41, 5.74) is 3.98. The third-order valence-corrected chi connectivity index (χ3v) is 6.91. The van der Waals surface area contributed by atoms with E-state index in [-0.39, 0.29) is 11.6 Å². The number of rotatable bonds is 9. The molecule has 2 N–H and O–H groups in total. The van der Waals surface area contributed by atoms with Crippen LogP contribution < -0.4 is 10.6 Å². The lowest BCUT2D eigenvalue weighted by Crippen LogP contribution is -2.29. The van der Waals surface area contributed by atoms with Crippen LogP contribution in [-0.2, 0) is 16.0 Å². The zero-order chi connectivity index (χ0) is 31.1. The molecule has 2 aromatic heterocycles. The van der Waals surface area contributed by atoms with Crippen molar-refractivity contribution in [1.29, 1.82) is 0 Å². The number of ether oxygens (including phenoxy) is 1. The van der Waals surface area contributed by atoms with Crippen molar-refractivity contribution in [3.63, 3.8) is 0 Å². The molecule has 0 spiro atoms. The van der Waals surface area contributed by atoms with Crippen molar-refractivity contribution >= 4 is 47.0 Å². The third-order valence-electron chi connectivity index (χ3n) is 6.40. The van der Waals surface area contributed by atoms with Gasteiger partial charge in [0.15, 0.2) is 5.15 Å². The highest BCUT2D eigenvalue weighted by Gasteiger charge is 2.20. The average molecular weight is 633 g/mol. The fourth-order valence-electron chi connectivity index (χ4n) is 4.32. The van der Waals surface area contributed by atoms with E-state index < -0.39 is 23.9 Å². The Morgan fingerprint density at radius 2 is 1.86 bits per heavy atom. The van der Waals surface area contributed by atoms with E-state index in [1.54, 1.807) is 66.7 Å². The van der Waals surface area contributed by atoms with Crippen LogP contribution >= 0.6 is 23.2 Å². The summed E-state index contributed by atoms with van der Waals surface area (Å²) in [5, 5.41) is 25.7. The Hall–Kier alpha value is -5.20. The minimum Gasteiger partial charge on any atom is -0.453 e. The number of hydrogen-bond acceptors (Lipinski definition) is 8. The molecule has 2 heterocycles. The molecule has 5 rings (SSSR count). The van der Waals surface area contributed by atoms with Crippen LogP contribution in [0.1, 0.15) is 22.9 Å². The minimum absolute atomic E-state index is 0.134. The van der Waals surface area contributed by atoms with E-state index in [2.05, 4.69) is 41.1 Å². The van der Waals surface area contributed by atoms with Crippen molar-refractivity contribution in [3.05, 3.63) is 118 Å². The molecule has 14 heteroatoms. The van der Waals surface area contributed by atoms with E-state index in [1.807, 2.05) is 0 Å². The number of carbonyl (C=O) groups excluding carboxylic acids is 2. The lowest BCUT2D eigenvalue weighted by Gasteiger charge is -2.18. The molecule has 222 valence electrons. The number of benzene rings is 3. The lowest BCUT2D eigenvalue weighted by atomic mass is 10.00. The summed E-state index contributed by atoms with van der Waals surface area (Å²) in [6.07, 6.45) is 3.96. The maximum atomic E-state index is 14.0. The van der Waals surface area contributed by atoms with Crippen LogP contribution in [0.2, 0.25) is 10.2 Å². The monoisotopic (exact) mass is 632 g/mol. The standard InChI is InChI=1S/C30H23Cl2FN8O3/c1-44-30(43)35-23-9-5-19(6-10-23)24-16-26(37-38-29(24)32)25(14-18-3-2-4-22(33)13-18)36-28(42)12-7-20-15-21(31)8-11-27(20)41-17-34-39-40-41/h2-13,15-17,25H,14H2,1H3,(H,35,43)(H,36,42)/b12-7+/t25-/m0/s1. The molecule has 0 saturated heterocycles. The number of tetrazole rings is 1. The second-order valence-corrected chi connectivity index (χ2v) is 10.1. The second-order valence-electron chi connectivity index (χ2n) is 9.35. The van der Waals surface area contributed by atoms with Crippen LogP contribution in [0.5, 0.6) is 0 Å². The predicted octanol–water partition coefficient (Wildman–Crippen LogP) is 5.86. The molecule has 0 radical (unpaired) electrons. The van der Waals surface area contributed by atoms with Crippen LogP contribution in [0.3, 0.4) is 0 Å². The molecule has 1 atom stereocenters. The summed E-state index contributed by atoms with van der Waals surface area (Å²) in [4.78, 5) is 24.8. The number of aromatic nitrogens is 6. The molecule has 0 fully saturated rings. The van der Waals surface area contributed by atoms with Crippen LogP contribution in [0.25, 0.3) is 22.9 Å². The van der Waals surface area contributed by atoms with Gasteiger partial charge in [-0.1, -0.05) is 47.5 Å². The highest BCUT2D eigenvalue weighted by atomic mass is 35.5. The van der Waals surface area contributed by atoms with Gasteiger partial charge in [0, 0.05) is 27.9 Å². The van der Waals surface area contributed by atoms with Gasteiger partial charge in [-0.25, -0.2) is 9.18 Å². The van der Waals surface area contributed by atoms with Crippen LogP contribution in [0.4, 0.5) is 14.9 Å². The molecule has 0 aliphatic rings. The summed E-state index contributed by atoms with van der Waals surface area (Å²) in [6.45, 7) is 0. The average Bonchev–Trinajstić information content (AvgIpc) is 3.55. The van der Waals surface area contributed by atoms with E-state index in [4.69, 9.17) is 23.2 Å². The van der Waals surface area contributed by atoms with Gasteiger partial charge >= 0.3 is 6.09 Å².